The van der Waals surface area contributed by atoms with Crippen LogP contribution in [0.2, 0.25) is 0 Å². The minimum absolute atomic E-state index is 0.108. The van der Waals surface area contributed by atoms with Crippen LogP contribution < -0.4 is 4.74 Å². The van der Waals surface area contributed by atoms with E-state index in [1.54, 1.807) is 6.07 Å². The summed E-state index contributed by atoms with van der Waals surface area (Å²) in [4.78, 5) is 0. The molecular weight excluding hydrogens is 198 g/mol. The topological polar surface area (TPSA) is 53.2 Å². The highest BCUT2D eigenvalue weighted by molar-refractivity contribution is 7.17. The normalized spacial score (nSPS) is 10.0. The maximum atomic E-state index is 9.73. The summed E-state index contributed by atoms with van der Waals surface area (Å²) in [7, 11) is 1.47. The fourth-order valence-corrected chi connectivity index (χ4v) is 2.20. The molecule has 0 unspecified atom stereocenters. The van der Waals surface area contributed by atoms with Crippen molar-refractivity contribution >= 4 is 21.4 Å². The Hall–Kier alpha value is -1.73. The van der Waals surface area contributed by atoms with E-state index in [1.165, 1.54) is 18.4 Å². The van der Waals surface area contributed by atoms with Gasteiger partial charge in [0.15, 0.2) is 11.5 Å². The van der Waals surface area contributed by atoms with Gasteiger partial charge in [-0.25, -0.2) is 0 Å². The summed E-state index contributed by atoms with van der Waals surface area (Å²) in [5, 5.41) is 21.2. The molecule has 0 saturated heterocycles. The van der Waals surface area contributed by atoms with Crippen molar-refractivity contribution in [1.29, 1.82) is 5.26 Å². The van der Waals surface area contributed by atoms with Crippen LogP contribution in [0.5, 0.6) is 11.5 Å². The van der Waals surface area contributed by atoms with E-state index in [9.17, 15) is 5.11 Å². The maximum Gasteiger partial charge on any atom is 0.175 e. The molecule has 2 aromatic rings. The highest BCUT2D eigenvalue weighted by atomic mass is 32.1. The number of hydrogen-bond donors (Lipinski definition) is 1. The smallest absolute Gasteiger partial charge is 0.175 e. The number of nitrogens with zero attached hydrogens (tertiary/aromatic N) is 1. The Labute approximate surface area is 84.8 Å². The second kappa shape index (κ2) is 3.20. The van der Waals surface area contributed by atoms with Crippen LogP contribution in [0.3, 0.4) is 0 Å². The van der Waals surface area contributed by atoms with E-state index in [4.69, 9.17) is 10.00 Å². The Kier molecular flexibility index (Phi) is 2.02. The monoisotopic (exact) mass is 205 g/mol. The Balaban J connectivity index is 2.89. The molecule has 1 heterocycles. The summed E-state index contributed by atoms with van der Waals surface area (Å²) in [6.45, 7) is 0. The van der Waals surface area contributed by atoms with Crippen molar-refractivity contribution < 1.29 is 9.84 Å². The van der Waals surface area contributed by atoms with E-state index in [1.807, 2.05) is 11.4 Å². The molecule has 0 aliphatic heterocycles. The second-order valence-electron chi connectivity index (χ2n) is 2.75. The standard InChI is InChI=1S/C10H7NO2S/c1-13-8-4-6(5-11)7-2-3-14-10(7)9(8)12/h2-4,12H,1H3. The number of thiophene rings is 1. The van der Waals surface area contributed by atoms with Crippen molar-refractivity contribution in [2.45, 2.75) is 0 Å². The highest BCUT2D eigenvalue weighted by Gasteiger charge is 2.12. The van der Waals surface area contributed by atoms with E-state index in [0.717, 1.165) is 5.39 Å². The molecular formula is C10H7NO2S. The third-order valence-corrected chi connectivity index (χ3v) is 2.94. The first kappa shape index (κ1) is 8.85. The summed E-state index contributed by atoms with van der Waals surface area (Å²) in [6.07, 6.45) is 0. The Morgan fingerprint density at radius 2 is 2.36 bits per heavy atom. The lowest BCUT2D eigenvalue weighted by Crippen LogP contribution is -1.85. The third kappa shape index (κ3) is 1.10. The molecule has 0 atom stereocenters. The number of aromatic hydroxyl groups is 1. The number of methoxy groups -OCH3 is 1. The average Bonchev–Trinajstić information content (AvgIpc) is 2.68. The molecule has 0 aliphatic carbocycles. The van der Waals surface area contributed by atoms with Gasteiger partial charge in [0.1, 0.15) is 0 Å². The van der Waals surface area contributed by atoms with Crippen LogP contribution in [0.15, 0.2) is 17.5 Å². The lowest BCUT2D eigenvalue weighted by atomic mass is 10.1. The number of fused-ring (bicyclic) bond motifs is 1. The zero-order valence-corrected chi connectivity index (χ0v) is 8.26. The van der Waals surface area contributed by atoms with E-state index in [2.05, 4.69) is 6.07 Å². The molecule has 1 aromatic heterocycles. The van der Waals surface area contributed by atoms with Gasteiger partial charge in [-0.05, 0) is 11.4 Å². The van der Waals surface area contributed by atoms with Gasteiger partial charge in [0.05, 0.1) is 23.4 Å². The first-order valence-corrected chi connectivity index (χ1v) is 4.83. The molecule has 2 rings (SSSR count). The Bertz CT molecular complexity index is 525. The van der Waals surface area contributed by atoms with Crippen molar-refractivity contribution in [3.8, 4) is 17.6 Å². The van der Waals surface area contributed by atoms with Gasteiger partial charge in [0.25, 0.3) is 0 Å². The van der Waals surface area contributed by atoms with Gasteiger partial charge in [-0.15, -0.1) is 11.3 Å². The molecule has 0 spiro atoms. The first-order valence-electron chi connectivity index (χ1n) is 3.95. The summed E-state index contributed by atoms with van der Waals surface area (Å²) in [5.41, 5.74) is 0.524. The minimum Gasteiger partial charge on any atom is -0.503 e. The third-order valence-electron chi connectivity index (χ3n) is 2.02. The van der Waals surface area contributed by atoms with Crippen molar-refractivity contribution in [2.24, 2.45) is 0 Å². The van der Waals surface area contributed by atoms with Crippen LogP contribution >= 0.6 is 11.3 Å². The molecule has 1 aromatic carbocycles. The molecule has 1 N–H and O–H groups in total. The Morgan fingerprint density at radius 3 is 3.00 bits per heavy atom. The number of hydrogen-bond acceptors (Lipinski definition) is 4. The predicted octanol–water partition coefficient (Wildman–Crippen LogP) is 2.49. The lowest BCUT2D eigenvalue weighted by molar-refractivity contribution is 0.377. The van der Waals surface area contributed by atoms with Crippen LogP contribution in [0.1, 0.15) is 5.56 Å². The largest absolute Gasteiger partial charge is 0.503 e. The van der Waals surface area contributed by atoms with Crippen LogP contribution in [0.4, 0.5) is 0 Å². The summed E-state index contributed by atoms with van der Waals surface area (Å²) < 4.78 is 5.67. The molecule has 14 heavy (non-hydrogen) atoms. The summed E-state index contributed by atoms with van der Waals surface area (Å²) >= 11 is 1.39. The molecule has 0 aliphatic rings. The van der Waals surface area contributed by atoms with Crippen LogP contribution in [0.25, 0.3) is 10.1 Å². The SMILES string of the molecule is COc1cc(C#N)c2ccsc2c1O. The van der Waals surface area contributed by atoms with Gasteiger partial charge in [-0.3, -0.25) is 0 Å². The molecule has 70 valence electrons. The van der Waals surface area contributed by atoms with Gasteiger partial charge in [-0.2, -0.15) is 5.26 Å². The highest BCUT2D eigenvalue weighted by Crippen LogP contribution is 2.39. The number of phenolic OH excluding ortho intramolecular Hbond substituents is 1. The van der Waals surface area contributed by atoms with E-state index in [0.29, 0.717) is 16.0 Å². The molecule has 0 fully saturated rings. The minimum atomic E-state index is 0.108. The quantitative estimate of drug-likeness (QED) is 0.778. The number of nitriles is 1. The van der Waals surface area contributed by atoms with Gasteiger partial charge in [-0.1, -0.05) is 0 Å². The number of ether oxygens (including phenoxy) is 1. The molecule has 0 bridgehead atoms. The second-order valence-corrected chi connectivity index (χ2v) is 3.67. The van der Waals surface area contributed by atoms with Crippen molar-refractivity contribution in [3.63, 3.8) is 0 Å². The fourth-order valence-electron chi connectivity index (χ4n) is 1.34. The van der Waals surface area contributed by atoms with E-state index in [-0.39, 0.29) is 5.75 Å². The molecule has 0 amide bonds. The predicted molar refractivity (Wildman–Crippen MR) is 54.8 cm³/mol. The van der Waals surface area contributed by atoms with Gasteiger partial charge >= 0.3 is 0 Å². The molecule has 0 radical (unpaired) electrons. The van der Waals surface area contributed by atoms with Crippen molar-refractivity contribution in [2.75, 3.05) is 7.11 Å². The maximum absolute atomic E-state index is 9.73. The van der Waals surface area contributed by atoms with Gasteiger partial charge < -0.3 is 9.84 Å². The van der Waals surface area contributed by atoms with Crippen molar-refractivity contribution in [1.82, 2.24) is 0 Å². The molecule has 3 nitrogen and oxygen atoms in total. The number of rotatable bonds is 1. The fraction of sp³-hybridized carbons (Fsp3) is 0.100. The molecule has 0 saturated carbocycles. The van der Waals surface area contributed by atoms with Gasteiger partial charge in [0.2, 0.25) is 0 Å². The first-order chi connectivity index (χ1) is 6.77. The molecule has 4 heteroatoms. The zero-order chi connectivity index (χ0) is 10.1. The van der Waals surface area contributed by atoms with E-state index >= 15 is 0 Å². The van der Waals surface area contributed by atoms with E-state index < -0.39 is 0 Å². The number of benzene rings is 1. The summed E-state index contributed by atoms with van der Waals surface area (Å²) in [5.74, 6) is 0.452. The average molecular weight is 205 g/mol. The zero-order valence-electron chi connectivity index (χ0n) is 7.44. The van der Waals surface area contributed by atoms with Crippen LogP contribution in [-0.4, -0.2) is 12.2 Å². The Morgan fingerprint density at radius 1 is 1.57 bits per heavy atom. The van der Waals surface area contributed by atoms with Crippen LogP contribution in [0, 0.1) is 11.3 Å². The lowest BCUT2D eigenvalue weighted by Gasteiger charge is -2.04. The number of phenols is 1. The summed E-state index contributed by atoms with van der Waals surface area (Å²) in [6, 6.07) is 5.44. The van der Waals surface area contributed by atoms with Crippen LogP contribution in [-0.2, 0) is 0 Å². The van der Waals surface area contributed by atoms with Gasteiger partial charge in [0, 0.05) is 11.5 Å². The van der Waals surface area contributed by atoms with Crippen molar-refractivity contribution in [3.05, 3.63) is 23.1 Å².